The Hall–Kier alpha value is -3.91. The van der Waals surface area contributed by atoms with E-state index in [-0.39, 0.29) is 17.8 Å². The SMILES string of the molecule is CC1(C(=O)OC(c2ccccc2)c2ccccc2)CS[C@@H]2C(N3C(=O)c4ccccc4C3=O)C(=O)N2C1. The van der Waals surface area contributed by atoms with Gasteiger partial charge in [-0.2, -0.15) is 0 Å². The standard InChI is InChI=1S/C29H24N2O5S/c1-29(28(35)36-23(18-10-4-2-5-11-18)19-12-6-3-7-13-19)16-30-26(34)22(27(30)37-17-29)31-24(32)20-14-8-9-15-21(20)25(31)33/h2-15,22-23,27H,16-17H2,1H3/t22?,27-,29?/m1/s1. The van der Waals surface area contributed by atoms with E-state index in [1.807, 2.05) is 60.7 Å². The highest BCUT2D eigenvalue weighted by Gasteiger charge is 2.61. The second-order valence-electron chi connectivity index (χ2n) is 9.81. The first kappa shape index (κ1) is 23.5. The fraction of sp³-hybridized carbons (Fsp3) is 0.241. The summed E-state index contributed by atoms with van der Waals surface area (Å²) in [4.78, 5) is 55.3. The molecule has 2 fully saturated rings. The van der Waals surface area contributed by atoms with E-state index >= 15 is 0 Å². The van der Waals surface area contributed by atoms with E-state index in [4.69, 9.17) is 4.74 Å². The van der Waals surface area contributed by atoms with Gasteiger partial charge in [0.15, 0.2) is 6.10 Å². The maximum Gasteiger partial charge on any atom is 0.315 e. The first-order chi connectivity index (χ1) is 17.9. The number of hydrogen-bond donors (Lipinski definition) is 0. The highest BCUT2D eigenvalue weighted by atomic mass is 32.2. The van der Waals surface area contributed by atoms with Crippen LogP contribution < -0.4 is 0 Å². The van der Waals surface area contributed by atoms with Crippen LogP contribution in [0.2, 0.25) is 0 Å². The first-order valence-electron chi connectivity index (χ1n) is 12.1. The summed E-state index contributed by atoms with van der Waals surface area (Å²) in [6.07, 6.45) is -0.576. The minimum absolute atomic E-state index is 0.165. The van der Waals surface area contributed by atoms with Crippen molar-refractivity contribution in [2.24, 2.45) is 5.41 Å². The van der Waals surface area contributed by atoms with Crippen molar-refractivity contribution in [1.82, 2.24) is 9.80 Å². The van der Waals surface area contributed by atoms with Gasteiger partial charge in [0, 0.05) is 12.3 Å². The molecule has 186 valence electrons. The Kier molecular flexibility index (Phi) is 5.64. The molecule has 2 unspecified atom stereocenters. The van der Waals surface area contributed by atoms with Crippen molar-refractivity contribution in [3.05, 3.63) is 107 Å². The maximum absolute atomic E-state index is 13.6. The summed E-state index contributed by atoms with van der Waals surface area (Å²) in [6.45, 7) is 1.96. The van der Waals surface area contributed by atoms with Crippen LogP contribution in [0.1, 0.15) is 44.9 Å². The Bertz CT molecular complexity index is 1340. The fourth-order valence-electron chi connectivity index (χ4n) is 5.20. The second-order valence-corrected chi connectivity index (χ2v) is 10.9. The molecule has 3 heterocycles. The predicted octanol–water partition coefficient (Wildman–Crippen LogP) is 3.91. The van der Waals surface area contributed by atoms with Crippen molar-refractivity contribution in [2.75, 3.05) is 12.3 Å². The Labute approximate surface area is 218 Å². The van der Waals surface area contributed by atoms with Crippen LogP contribution in [-0.4, -0.2) is 57.2 Å². The third-order valence-electron chi connectivity index (χ3n) is 7.23. The number of fused-ring (bicyclic) bond motifs is 2. The molecular formula is C29H24N2O5S. The molecule has 3 atom stereocenters. The lowest BCUT2D eigenvalue weighted by molar-refractivity contribution is -0.165. The number of nitrogens with zero attached hydrogens (tertiary/aromatic N) is 2. The molecule has 0 N–H and O–H groups in total. The summed E-state index contributed by atoms with van der Waals surface area (Å²) in [5, 5.41) is -0.380. The van der Waals surface area contributed by atoms with Gasteiger partial charge in [0.2, 0.25) is 5.91 Å². The van der Waals surface area contributed by atoms with Gasteiger partial charge in [0.25, 0.3) is 11.8 Å². The van der Waals surface area contributed by atoms with Crippen LogP contribution in [-0.2, 0) is 14.3 Å². The van der Waals surface area contributed by atoms with Crippen molar-refractivity contribution >= 4 is 35.5 Å². The highest BCUT2D eigenvalue weighted by Crippen LogP contribution is 2.46. The van der Waals surface area contributed by atoms with Gasteiger partial charge in [-0.3, -0.25) is 24.1 Å². The molecule has 3 aliphatic rings. The van der Waals surface area contributed by atoms with Crippen LogP contribution in [0.5, 0.6) is 0 Å². The van der Waals surface area contributed by atoms with Crippen LogP contribution in [0.15, 0.2) is 84.9 Å². The molecule has 8 heteroatoms. The van der Waals surface area contributed by atoms with Gasteiger partial charge in [-0.05, 0) is 30.2 Å². The molecule has 0 saturated carbocycles. The van der Waals surface area contributed by atoms with Crippen LogP contribution in [0, 0.1) is 5.41 Å². The first-order valence-corrected chi connectivity index (χ1v) is 13.1. The van der Waals surface area contributed by atoms with E-state index in [1.165, 1.54) is 11.8 Å². The fourth-order valence-corrected chi connectivity index (χ4v) is 6.73. The van der Waals surface area contributed by atoms with Crippen LogP contribution in [0.4, 0.5) is 0 Å². The van der Waals surface area contributed by atoms with Gasteiger partial charge in [-0.15, -0.1) is 11.8 Å². The number of esters is 1. The molecule has 3 aromatic rings. The van der Waals surface area contributed by atoms with Crippen LogP contribution in [0.3, 0.4) is 0 Å². The normalized spacial score (nSPS) is 24.5. The number of amides is 3. The predicted molar refractivity (Wildman–Crippen MR) is 138 cm³/mol. The van der Waals surface area contributed by atoms with E-state index in [9.17, 15) is 19.2 Å². The number of imide groups is 1. The van der Waals surface area contributed by atoms with Gasteiger partial charge >= 0.3 is 5.97 Å². The number of β-lactam (4-membered cyclic amide) rings is 1. The summed E-state index contributed by atoms with van der Waals surface area (Å²) < 4.78 is 6.10. The lowest BCUT2D eigenvalue weighted by atomic mass is 9.89. The number of thioether (sulfide) groups is 1. The van der Waals surface area contributed by atoms with Crippen molar-refractivity contribution in [1.29, 1.82) is 0 Å². The molecule has 0 aliphatic carbocycles. The summed E-state index contributed by atoms with van der Waals surface area (Å²) in [6, 6.07) is 24.9. The third-order valence-corrected chi connectivity index (χ3v) is 8.89. The van der Waals surface area contributed by atoms with Gasteiger partial charge in [-0.1, -0.05) is 72.8 Å². The molecule has 0 spiro atoms. The Morgan fingerprint density at radius 3 is 1.92 bits per heavy atom. The number of rotatable bonds is 5. The topological polar surface area (TPSA) is 84.0 Å². The molecule has 0 aromatic heterocycles. The minimum Gasteiger partial charge on any atom is -0.452 e. The van der Waals surface area contributed by atoms with E-state index in [1.54, 1.807) is 36.1 Å². The van der Waals surface area contributed by atoms with E-state index in [2.05, 4.69) is 0 Å². The summed E-state index contributed by atoms with van der Waals surface area (Å²) in [5.74, 6) is -1.21. The number of carbonyl (C=O) groups is 4. The van der Waals surface area contributed by atoms with E-state index < -0.39 is 35.3 Å². The Balaban J connectivity index is 1.19. The number of carbonyl (C=O) groups excluding carboxylic acids is 4. The van der Waals surface area contributed by atoms with Gasteiger partial charge in [-0.25, -0.2) is 0 Å². The summed E-state index contributed by atoms with van der Waals surface area (Å²) >= 11 is 1.41. The van der Waals surface area contributed by atoms with Crippen molar-refractivity contribution in [2.45, 2.75) is 24.4 Å². The molecule has 0 radical (unpaired) electrons. The largest absolute Gasteiger partial charge is 0.452 e. The van der Waals surface area contributed by atoms with E-state index in [0.717, 1.165) is 16.0 Å². The zero-order valence-electron chi connectivity index (χ0n) is 20.1. The molecule has 6 rings (SSSR count). The van der Waals surface area contributed by atoms with Crippen LogP contribution >= 0.6 is 11.8 Å². The number of ether oxygens (including phenoxy) is 1. The number of benzene rings is 3. The van der Waals surface area contributed by atoms with Crippen molar-refractivity contribution < 1.29 is 23.9 Å². The zero-order chi connectivity index (χ0) is 25.7. The average molecular weight is 513 g/mol. The lowest BCUT2D eigenvalue weighted by Crippen LogP contribution is -2.74. The summed E-state index contributed by atoms with van der Waals surface area (Å²) in [7, 11) is 0. The average Bonchev–Trinajstić information content (AvgIpc) is 3.18. The molecule has 0 bridgehead atoms. The van der Waals surface area contributed by atoms with Crippen molar-refractivity contribution in [3.8, 4) is 0 Å². The lowest BCUT2D eigenvalue weighted by Gasteiger charge is -2.55. The van der Waals surface area contributed by atoms with Gasteiger partial charge in [0.05, 0.1) is 16.5 Å². The Morgan fingerprint density at radius 2 is 1.38 bits per heavy atom. The quantitative estimate of drug-likeness (QED) is 0.293. The van der Waals surface area contributed by atoms with Gasteiger partial charge < -0.3 is 9.64 Å². The maximum atomic E-state index is 13.6. The minimum atomic E-state index is -0.939. The monoisotopic (exact) mass is 512 g/mol. The van der Waals surface area contributed by atoms with Gasteiger partial charge in [0.1, 0.15) is 11.4 Å². The smallest absolute Gasteiger partial charge is 0.315 e. The molecule has 2 saturated heterocycles. The molecule has 37 heavy (non-hydrogen) atoms. The van der Waals surface area contributed by atoms with E-state index in [0.29, 0.717) is 16.9 Å². The number of hydrogen-bond acceptors (Lipinski definition) is 6. The highest BCUT2D eigenvalue weighted by molar-refractivity contribution is 8.00. The Morgan fingerprint density at radius 1 is 0.865 bits per heavy atom. The van der Waals surface area contributed by atoms with Crippen molar-refractivity contribution in [3.63, 3.8) is 0 Å². The molecule has 3 aromatic carbocycles. The summed E-state index contributed by atoms with van der Waals surface area (Å²) in [5.41, 5.74) is 1.42. The second kappa shape index (κ2) is 8.88. The molecule has 3 aliphatic heterocycles. The third kappa shape index (κ3) is 3.74. The zero-order valence-corrected chi connectivity index (χ0v) is 20.9. The molecular weight excluding hydrogens is 488 g/mol. The van der Waals surface area contributed by atoms with Crippen LogP contribution in [0.25, 0.3) is 0 Å². The molecule has 3 amide bonds. The molecule has 7 nitrogen and oxygen atoms in total.